The first-order valence-electron chi connectivity index (χ1n) is 8.03. The van der Waals surface area contributed by atoms with Crippen LogP contribution in [0.15, 0.2) is 6.20 Å². The summed E-state index contributed by atoms with van der Waals surface area (Å²) in [6, 6.07) is 0. The number of aliphatic hydroxyl groups is 1. The van der Waals surface area contributed by atoms with Crippen LogP contribution in [0.3, 0.4) is 0 Å². The summed E-state index contributed by atoms with van der Waals surface area (Å²) in [6.45, 7) is 0. The molecule has 1 aromatic heterocycles. The standard InChI is InChI=1S/C16H25ClN2O/c1-19-15(14(17)11-18-19)16(20)10-6-5-9-13(16)12-7-3-2-4-8-12/h11-13,20H,2-10H2,1H3. The maximum absolute atomic E-state index is 11.5. The summed E-state index contributed by atoms with van der Waals surface area (Å²) in [5.74, 6) is 1.00. The molecule has 20 heavy (non-hydrogen) atoms. The highest BCUT2D eigenvalue weighted by atomic mass is 35.5. The van der Waals surface area contributed by atoms with Gasteiger partial charge in [-0.1, -0.05) is 56.5 Å². The topological polar surface area (TPSA) is 38.0 Å². The van der Waals surface area contributed by atoms with Crippen LogP contribution in [0.25, 0.3) is 0 Å². The molecule has 0 aromatic carbocycles. The minimum Gasteiger partial charge on any atom is -0.383 e. The SMILES string of the molecule is Cn1ncc(Cl)c1C1(O)CCCCC1C1CCCCC1. The van der Waals surface area contributed by atoms with Crippen molar-refractivity contribution in [3.63, 3.8) is 0 Å². The molecule has 2 unspecified atom stereocenters. The van der Waals surface area contributed by atoms with Crippen molar-refractivity contribution in [1.82, 2.24) is 9.78 Å². The Balaban J connectivity index is 1.94. The van der Waals surface area contributed by atoms with Crippen LogP contribution in [-0.4, -0.2) is 14.9 Å². The summed E-state index contributed by atoms with van der Waals surface area (Å²) in [4.78, 5) is 0. The van der Waals surface area contributed by atoms with Crippen molar-refractivity contribution in [2.75, 3.05) is 0 Å². The second-order valence-electron chi connectivity index (χ2n) is 6.64. The summed E-state index contributed by atoms with van der Waals surface area (Å²) in [7, 11) is 1.89. The molecule has 2 fully saturated rings. The van der Waals surface area contributed by atoms with Crippen LogP contribution in [0.5, 0.6) is 0 Å². The summed E-state index contributed by atoms with van der Waals surface area (Å²) in [5.41, 5.74) is 0.0669. The molecule has 2 saturated carbocycles. The average molecular weight is 297 g/mol. The van der Waals surface area contributed by atoms with E-state index in [1.54, 1.807) is 10.9 Å². The second-order valence-corrected chi connectivity index (χ2v) is 7.05. The highest BCUT2D eigenvalue weighted by Crippen LogP contribution is 2.50. The van der Waals surface area contributed by atoms with Crippen molar-refractivity contribution in [2.45, 2.75) is 63.4 Å². The van der Waals surface area contributed by atoms with Crippen molar-refractivity contribution in [3.8, 4) is 0 Å². The first-order chi connectivity index (χ1) is 9.63. The quantitative estimate of drug-likeness (QED) is 0.895. The molecule has 0 bridgehead atoms. The number of nitrogens with zero attached hydrogens (tertiary/aromatic N) is 2. The van der Waals surface area contributed by atoms with Crippen LogP contribution in [-0.2, 0) is 12.6 Å². The first-order valence-corrected chi connectivity index (χ1v) is 8.41. The average Bonchev–Trinajstić information content (AvgIpc) is 2.80. The number of hydrogen-bond donors (Lipinski definition) is 1. The van der Waals surface area contributed by atoms with Gasteiger partial charge in [0.25, 0.3) is 0 Å². The Hall–Kier alpha value is -0.540. The van der Waals surface area contributed by atoms with E-state index in [0.29, 0.717) is 16.9 Å². The Morgan fingerprint density at radius 1 is 1.20 bits per heavy atom. The summed E-state index contributed by atoms with van der Waals surface area (Å²) >= 11 is 6.33. The van der Waals surface area contributed by atoms with E-state index in [9.17, 15) is 5.11 Å². The predicted octanol–water partition coefficient (Wildman–Crippen LogP) is 4.03. The van der Waals surface area contributed by atoms with Gasteiger partial charge in [0.2, 0.25) is 0 Å². The van der Waals surface area contributed by atoms with E-state index in [4.69, 9.17) is 11.6 Å². The van der Waals surface area contributed by atoms with Crippen molar-refractivity contribution >= 4 is 11.6 Å². The zero-order valence-corrected chi connectivity index (χ0v) is 13.1. The lowest BCUT2D eigenvalue weighted by molar-refractivity contribution is -0.0888. The third-order valence-electron chi connectivity index (χ3n) is 5.46. The van der Waals surface area contributed by atoms with Crippen LogP contribution >= 0.6 is 11.6 Å². The molecule has 3 nitrogen and oxygen atoms in total. The van der Waals surface area contributed by atoms with Crippen LogP contribution in [0.1, 0.15) is 63.5 Å². The molecular weight excluding hydrogens is 272 g/mol. The van der Waals surface area contributed by atoms with Gasteiger partial charge in [0.05, 0.1) is 16.9 Å². The van der Waals surface area contributed by atoms with Crippen molar-refractivity contribution in [3.05, 3.63) is 16.9 Å². The van der Waals surface area contributed by atoms with Gasteiger partial charge in [-0.25, -0.2) is 0 Å². The Labute approximate surface area is 126 Å². The van der Waals surface area contributed by atoms with Crippen LogP contribution in [0.2, 0.25) is 5.02 Å². The minimum absolute atomic E-state index is 0.351. The van der Waals surface area contributed by atoms with Crippen molar-refractivity contribution < 1.29 is 5.11 Å². The van der Waals surface area contributed by atoms with Crippen molar-refractivity contribution in [2.24, 2.45) is 18.9 Å². The molecule has 2 aliphatic rings. The van der Waals surface area contributed by atoms with E-state index in [2.05, 4.69) is 5.10 Å². The summed E-state index contributed by atoms with van der Waals surface area (Å²) in [5, 5.41) is 16.3. The van der Waals surface area contributed by atoms with Crippen LogP contribution < -0.4 is 0 Å². The Kier molecular flexibility index (Phi) is 4.09. The van der Waals surface area contributed by atoms with E-state index in [-0.39, 0.29) is 0 Å². The molecule has 1 aromatic rings. The van der Waals surface area contributed by atoms with Gasteiger partial charge in [-0.3, -0.25) is 4.68 Å². The van der Waals surface area contributed by atoms with Crippen LogP contribution in [0, 0.1) is 11.8 Å². The minimum atomic E-state index is -0.775. The van der Waals surface area contributed by atoms with E-state index in [1.807, 2.05) is 7.05 Å². The largest absolute Gasteiger partial charge is 0.383 e. The number of rotatable bonds is 2. The third-order valence-corrected chi connectivity index (χ3v) is 5.74. The van der Waals surface area contributed by atoms with Crippen LogP contribution in [0.4, 0.5) is 0 Å². The molecule has 0 spiro atoms. The van der Waals surface area contributed by atoms with Gasteiger partial charge in [-0.2, -0.15) is 5.10 Å². The number of hydrogen-bond acceptors (Lipinski definition) is 2. The third kappa shape index (κ3) is 2.39. The Bertz CT molecular complexity index is 448. The molecular formula is C16H25ClN2O. The lowest BCUT2D eigenvalue weighted by Gasteiger charge is -2.45. The number of aryl methyl sites for hydroxylation is 1. The molecule has 4 heteroatoms. The van der Waals surface area contributed by atoms with Gasteiger partial charge < -0.3 is 5.11 Å². The van der Waals surface area contributed by atoms with E-state index in [1.165, 1.54) is 38.5 Å². The number of halogens is 1. The fourth-order valence-corrected chi connectivity index (χ4v) is 4.87. The molecule has 1 N–H and O–H groups in total. The fourth-order valence-electron chi connectivity index (χ4n) is 4.54. The van der Waals surface area contributed by atoms with Gasteiger partial charge >= 0.3 is 0 Å². The molecule has 3 rings (SSSR count). The molecule has 0 amide bonds. The maximum Gasteiger partial charge on any atom is 0.111 e. The predicted molar refractivity (Wildman–Crippen MR) is 80.6 cm³/mol. The molecule has 1 heterocycles. The Morgan fingerprint density at radius 2 is 1.90 bits per heavy atom. The first kappa shape index (κ1) is 14.4. The van der Waals surface area contributed by atoms with Gasteiger partial charge in [-0.05, 0) is 24.7 Å². The summed E-state index contributed by atoms with van der Waals surface area (Å²) in [6.07, 6.45) is 12.5. The molecule has 0 aliphatic heterocycles. The zero-order valence-electron chi connectivity index (χ0n) is 12.3. The highest BCUT2D eigenvalue weighted by molar-refractivity contribution is 6.31. The zero-order chi connectivity index (χ0) is 14.2. The van der Waals surface area contributed by atoms with E-state index in [0.717, 1.165) is 25.0 Å². The van der Waals surface area contributed by atoms with Gasteiger partial charge in [0.15, 0.2) is 0 Å². The maximum atomic E-state index is 11.5. The highest BCUT2D eigenvalue weighted by Gasteiger charge is 2.47. The Morgan fingerprint density at radius 3 is 2.55 bits per heavy atom. The molecule has 112 valence electrons. The second kappa shape index (κ2) is 5.69. The normalized spacial score (nSPS) is 32.5. The molecule has 2 aliphatic carbocycles. The molecule has 0 saturated heterocycles. The number of aromatic nitrogens is 2. The smallest absolute Gasteiger partial charge is 0.111 e. The molecule has 2 atom stereocenters. The lowest BCUT2D eigenvalue weighted by Crippen LogP contribution is -2.44. The summed E-state index contributed by atoms with van der Waals surface area (Å²) < 4.78 is 1.78. The van der Waals surface area contributed by atoms with Gasteiger partial charge in [-0.15, -0.1) is 0 Å². The molecule has 0 radical (unpaired) electrons. The van der Waals surface area contributed by atoms with E-state index >= 15 is 0 Å². The van der Waals surface area contributed by atoms with Gasteiger partial charge in [0.1, 0.15) is 5.60 Å². The van der Waals surface area contributed by atoms with Gasteiger partial charge in [0, 0.05) is 7.05 Å². The monoisotopic (exact) mass is 296 g/mol. The fraction of sp³-hybridized carbons (Fsp3) is 0.812. The lowest BCUT2D eigenvalue weighted by atomic mass is 9.64. The van der Waals surface area contributed by atoms with E-state index < -0.39 is 5.60 Å². The van der Waals surface area contributed by atoms with Crippen molar-refractivity contribution in [1.29, 1.82) is 0 Å².